The number of hydrogen-bond donors (Lipinski definition) is 1. The van der Waals surface area contributed by atoms with Gasteiger partial charge in [0, 0.05) is 31.9 Å². The van der Waals surface area contributed by atoms with Crippen molar-refractivity contribution < 1.29 is 4.92 Å². The van der Waals surface area contributed by atoms with Crippen LogP contribution in [0, 0.1) is 10.1 Å². The van der Waals surface area contributed by atoms with Gasteiger partial charge in [0.15, 0.2) is 0 Å². The van der Waals surface area contributed by atoms with Crippen LogP contribution in [0.1, 0.15) is 0 Å². The summed E-state index contributed by atoms with van der Waals surface area (Å²) in [5.74, 6) is 0. The number of rotatable bonds is 4. The average molecular weight is 342 g/mol. The Bertz CT molecular complexity index is 950. The Hall–Kier alpha value is -3.07. The van der Waals surface area contributed by atoms with E-state index in [-0.39, 0.29) is 5.69 Å². The maximum atomic E-state index is 10.8. The third-order valence-corrected chi connectivity index (χ3v) is 4.24. The fourth-order valence-electron chi connectivity index (χ4n) is 2.07. The zero-order chi connectivity index (χ0) is 17.3. The van der Waals surface area contributed by atoms with Gasteiger partial charge in [0.2, 0.25) is 5.13 Å². The molecule has 2 aromatic carbocycles. The molecule has 0 aliphatic carbocycles. The minimum Gasteiger partial charge on any atom is -0.397 e. The number of nitrogens with zero attached hydrogens (tertiary/aromatic N) is 5. The highest BCUT2D eigenvalue weighted by molar-refractivity contribution is 7.21. The van der Waals surface area contributed by atoms with E-state index < -0.39 is 4.92 Å². The standard InChI is InChI=1S/C15H14N6O2S/c1-20(2)9-3-5-12(11(16)7-9)18-19-15-17-13-6-4-10(21(22)23)8-14(13)24-15/h3-8H,16H2,1-2H3. The SMILES string of the molecule is CN(C)c1ccc(N=Nc2nc3ccc([N+](=O)[O-])cc3s2)c(N)c1. The summed E-state index contributed by atoms with van der Waals surface area (Å²) in [5.41, 5.74) is 8.69. The van der Waals surface area contributed by atoms with Crippen LogP contribution in [-0.2, 0) is 0 Å². The van der Waals surface area contributed by atoms with Crippen molar-refractivity contribution in [1.29, 1.82) is 0 Å². The van der Waals surface area contributed by atoms with E-state index in [4.69, 9.17) is 5.73 Å². The summed E-state index contributed by atoms with van der Waals surface area (Å²) in [6.07, 6.45) is 0. The zero-order valence-electron chi connectivity index (χ0n) is 13.0. The highest BCUT2D eigenvalue weighted by Gasteiger charge is 2.10. The number of hydrogen-bond acceptors (Lipinski definition) is 8. The summed E-state index contributed by atoms with van der Waals surface area (Å²) >= 11 is 1.24. The van der Waals surface area contributed by atoms with Crippen LogP contribution in [0.5, 0.6) is 0 Å². The first-order valence-electron chi connectivity index (χ1n) is 6.97. The molecule has 3 rings (SSSR count). The number of nitro benzene ring substituents is 1. The quantitative estimate of drug-likeness (QED) is 0.329. The molecule has 9 heteroatoms. The van der Waals surface area contributed by atoms with Crippen molar-refractivity contribution in [1.82, 2.24) is 4.98 Å². The molecule has 1 aromatic heterocycles. The molecule has 3 aromatic rings. The van der Waals surface area contributed by atoms with Gasteiger partial charge in [-0.25, -0.2) is 4.98 Å². The van der Waals surface area contributed by atoms with Crippen molar-refractivity contribution in [3.63, 3.8) is 0 Å². The Morgan fingerprint density at radius 1 is 1.21 bits per heavy atom. The lowest BCUT2D eigenvalue weighted by atomic mass is 10.2. The van der Waals surface area contributed by atoms with Crippen LogP contribution in [-0.4, -0.2) is 24.0 Å². The highest BCUT2D eigenvalue weighted by Crippen LogP contribution is 2.33. The molecule has 0 saturated heterocycles. The number of nitro groups is 1. The molecule has 0 aliphatic rings. The molecule has 0 aliphatic heterocycles. The van der Waals surface area contributed by atoms with Gasteiger partial charge in [-0.15, -0.1) is 10.2 Å². The van der Waals surface area contributed by atoms with Gasteiger partial charge in [-0.2, -0.15) is 0 Å². The number of thiazole rings is 1. The fourth-order valence-corrected chi connectivity index (χ4v) is 2.89. The van der Waals surface area contributed by atoms with Gasteiger partial charge in [0.05, 0.1) is 20.8 Å². The van der Waals surface area contributed by atoms with Crippen molar-refractivity contribution in [3.05, 3.63) is 46.5 Å². The number of anilines is 2. The molecule has 24 heavy (non-hydrogen) atoms. The minimum absolute atomic E-state index is 0.0261. The topological polar surface area (TPSA) is 110 Å². The first kappa shape index (κ1) is 15.8. The number of nitrogen functional groups attached to an aromatic ring is 1. The average Bonchev–Trinajstić information content (AvgIpc) is 2.95. The van der Waals surface area contributed by atoms with Crippen molar-refractivity contribution in [3.8, 4) is 0 Å². The Balaban J connectivity index is 1.89. The molecule has 0 fully saturated rings. The molecule has 2 N–H and O–H groups in total. The van der Waals surface area contributed by atoms with Crippen LogP contribution < -0.4 is 10.6 Å². The first-order chi connectivity index (χ1) is 11.4. The van der Waals surface area contributed by atoms with E-state index in [2.05, 4.69) is 15.2 Å². The van der Waals surface area contributed by atoms with Crippen LogP contribution in [0.3, 0.4) is 0 Å². The number of non-ortho nitro benzene ring substituents is 1. The Labute approximate surface area is 141 Å². The molecule has 0 unspecified atom stereocenters. The highest BCUT2D eigenvalue weighted by atomic mass is 32.1. The van der Waals surface area contributed by atoms with Gasteiger partial charge in [-0.3, -0.25) is 10.1 Å². The van der Waals surface area contributed by atoms with Gasteiger partial charge in [-0.1, -0.05) is 11.3 Å². The molecule has 8 nitrogen and oxygen atoms in total. The number of azo groups is 1. The minimum atomic E-state index is -0.437. The lowest BCUT2D eigenvalue weighted by Gasteiger charge is -2.13. The van der Waals surface area contributed by atoms with Crippen molar-refractivity contribution in [2.75, 3.05) is 24.7 Å². The van der Waals surface area contributed by atoms with Crippen LogP contribution in [0.4, 0.5) is 27.9 Å². The predicted octanol–water partition coefficient (Wildman–Crippen LogP) is 4.27. The lowest BCUT2D eigenvalue weighted by molar-refractivity contribution is -0.384. The summed E-state index contributed by atoms with van der Waals surface area (Å²) in [6, 6.07) is 9.99. The van der Waals surface area contributed by atoms with Crippen LogP contribution in [0.2, 0.25) is 0 Å². The first-order valence-corrected chi connectivity index (χ1v) is 7.79. The normalized spacial score (nSPS) is 11.2. The molecule has 0 spiro atoms. The van der Waals surface area contributed by atoms with E-state index in [1.54, 1.807) is 12.1 Å². The summed E-state index contributed by atoms with van der Waals surface area (Å²) in [7, 11) is 3.85. The second-order valence-corrected chi connectivity index (χ2v) is 6.25. The molecular weight excluding hydrogens is 328 g/mol. The maximum absolute atomic E-state index is 10.8. The molecular formula is C15H14N6O2S. The Morgan fingerprint density at radius 2 is 2.00 bits per heavy atom. The van der Waals surface area contributed by atoms with E-state index >= 15 is 0 Å². The van der Waals surface area contributed by atoms with E-state index in [1.165, 1.54) is 23.5 Å². The number of aromatic nitrogens is 1. The third kappa shape index (κ3) is 3.15. The van der Waals surface area contributed by atoms with Crippen molar-refractivity contribution in [2.24, 2.45) is 10.2 Å². The van der Waals surface area contributed by atoms with Gasteiger partial charge in [-0.05, 0) is 24.3 Å². The van der Waals surface area contributed by atoms with Crippen molar-refractivity contribution in [2.45, 2.75) is 0 Å². The molecule has 0 amide bonds. The van der Waals surface area contributed by atoms with Crippen molar-refractivity contribution >= 4 is 49.4 Å². The Morgan fingerprint density at radius 3 is 2.67 bits per heavy atom. The Kier molecular flexibility index (Phi) is 4.09. The van der Waals surface area contributed by atoms with E-state index in [0.717, 1.165) is 5.69 Å². The zero-order valence-corrected chi connectivity index (χ0v) is 13.8. The maximum Gasteiger partial charge on any atom is 0.270 e. The van der Waals surface area contributed by atoms with E-state index in [9.17, 15) is 10.1 Å². The molecule has 122 valence electrons. The third-order valence-electron chi connectivity index (χ3n) is 3.34. The summed E-state index contributed by atoms with van der Waals surface area (Å²) in [4.78, 5) is 16.6. The van der Waals surface area contributed by atoms with E-state index in [0.29, 0.717) is 26.7 Å². The number of nitrogens with two attached hydrogens (primary N) is 1. The molecule has 0 radical (unpaired) electrons. The summed E-state index contributed by atoms with van der Waals surface area (Å²) in [6.45, 7) is 0. The van der Waals surface area contributed by atoms with Gasteiger partial charge < -0.3 is 10.6 Å². The lowest BCUT2D eigenvalue weighted by Crippen LogP contribution is -2.08. The molecule has 0 saturated carbocycles. The smallest absolute Gasteiger partial charge is 0.270 e. The summed E-state index contributed by atoms with van der Waals surface area (Å²) < 4.78 is 0.689. The van der Waals surface area contributed by atoms with Crippen LogP contribution >= 0.6 is 11.3 Å². The monoisotopic (exact) mass is 342 g/mol. The molecule has 0 bridgehead atoms. The summed E-state index contributed by atoms with van der Waals surface area (Å²) in [5, 5.41) is 19.4. The van der Waals surface area contributed by atoms with Gasteiger partial charge >= 0.3 is 0 Å². The number of benzene rings is 2. The van der Waals surface area contributed by atoms with Gasteiger partial charge in [0.25, 0.3) is 5.69 Å². The number of fused-ring (bicyclic) bond motifs is 1. The van der Waals surface area contributed by atoms with Crippen LogP contribution in [0.25, 0.3) is 10.2 Å². The molecule has 1 heterocycles. The second-order valence-electron chi connectivity index (χ2n) is 5.24. The second kappa shape index (κ2) is 6.20. The van der Waals surface area contributed by atoms with Gasteiger partial charge in [0.1, 0.15) is 5.69 Å². The largest absolute Gasteiger partial charge is 0.397 e. The predicted molar refractivity (Wildman–Crippen MR) is 95.6 cm³/mol. The van der Waals surface area contributed by atoms with E-state index in [1.807, 2.05) is 31.1 Å². The van der Waals surface area contributed by atoms with Crippen LogP contribution in [0.15, 0.2) is 46.6 Å². The molecule has 0 atom stereocenters. The fraction of sp³-hybridized carbons (Fsp3) is 0.133.